The van der Waals surface area contributed by atoms with Gasteiger partial charge in [-0.25, -0.2) is 4.79 Å². The van der Waals surface area contributed by atoms with Crippen molar-refractivity contribution < 1.29 is 20.1 Å². The van der Waals surface area contributed by atoms with Crippen LogP contribution in [0.25, 0.3) is 0 Å². The molecule has 0 bridgehead atoms. The molecular formula is C20H38O4. The molecule has 0 aromatic rings. The maximum atomic E-state index is 10.8. The first-order valence-electron chi connectivity index (χ1n) is 9.77. The third-order valence-electron chi connectivity index (χ3n) is 4.74. The number of aliphatic carboxylic acids is 1. The normalized spacial score (nSPS) is 13.0. The summed E-state index contributed by atoms with van der Waals surface area (Å²) in [4.78, 5) is 10.8. The topological polar surface area (TPSA) is 77.8 Å². The second-order valence-corrected chi connectivity index (χ2v) is 6.90. The van der Waals surface area contributed by atoms with Gasteiger partial charge in [0.2, 0.25) is 0 Å². The van der Waals surface area contributed by atoms with Crippen LogP contribution >= 0.6 is 0 Å². The van der Waals surface area contributed by atoms with Crippen LogP contribution in [0.4, 0.5) is 0 Å². The van der Waals surface area contributed by atoms with E-state index in [2.05, 4.69) is 13.5 Å². The molecule has 0 rings (SSSR count). The smallest absolute Gasteiger partial charge is 0.364 e. The maximum Gasteiger partial charge on any atom is 0.364 e. The fourth-order valence-corrected chi connectivity index (χ4v) is 3.02. The van der Waals surface area contributed by atoms with Crippen molar-refractivity contribution >= 4 is 5.97 Å². The molecule has 4 nitrogen and oxygen atoms in total. The molecule has 1 atom stereocenters. The summed E-state index contributed by atoms with van der Waals surface area (Å²) in [5, 5.41) is 27.9. The molecule has 0 saturated carbocycles. The summed E-state index contributed by atoms with van der Waals surface area (Å²) in [5.74, 6) is -5.12. The first-order valence-corrected chi connectivity index (χ1v) is 9.77. The van der Waals surface area contributed by atoms with Crippen LogP contribution < -0.4 is 0 Å². The van der Waals surface area contributed by atoms with Crippen molar-refractivity contribution in [3.63, 3.8) is 0 Å². The van der Waals surface area contributed by atoms with Crippen LogP contribution in [0.5, 0.6) is 0 Å². The lowest BCUT2D eigenvalue weighted by molar-refractivity contribution is -0.217. The third-order valence-corrected chi connectivity index (χ3v) is 4.74. The zero-order valence-corrected chi connectivity index (χ0v) is 15.5. The van der Waals surface area contributed by atoms with Crippen molar-refractivity contribution in [1.82, 2.24) is 0 Å². The van der Waals surface area contributed by atoms with E-state index >= 15 is 0 Å². The molecular weight excluding hydrogens is 304 g/mol. The molecule has 0 fully saturated rings. The highest BCUT2D eigenvalue weighted by molar-refractivity contribution is 5.75. The van der Waals surface area contributed by atoms with Crippen LogP contribution in [0, 0.1) is 5.92 Å². The van der Waals surface area contributed by atoms with Gasteiger partial charge in [-0.1, -0.05) is 96.5 Å². The first-order chi connectivity index (χ1) is 11.5. The Morgan fingerprint density at radius 2 is 1.25 bits per heavy atom. The van der Waals surface area contributed by atoms with Gasteiger partial charge in [-0.15, -0.1) is 6.58 Å². The quantitative estimate of drug-likeness (QED) is 0.197. The monoisotopic (exact) mass is 342 g/mol. The summed E-state index contributed by atoms with van der Waals surface area (Å²) >= 11 is 0. The molecule has 0 aromatic carbocycles. The van der Waals surface area contributed by atoms with Crippen LogP contribution in [0.2, 0.25) is 0 Å². The maximum absolute atomic E-state index is 10.8. The van der Waals surface area contributed by atoms with Gasteiger partial charge in [0.25, 0.3) is 5.79 Å². The average molecular weight is 343 g/mol. The van der Waals surface area contributed by atoms with E-state index in [1.54, 1.807) is 0 Å². The van der Waals surface area contributed by atoms with E-state index in [9.17, 15) is 15.0 Å². The van der Waals surface area contributed by atoms with Gasteiger partial charge in [0.1, 0.15) is 0 Å². The van der Waals surface area contributed by atoms with E-state index in [4.69, 9.17) is 5.11 Å². The first kappa shape index (κ1) is 23.1. The van der Waals surface area contributed by atoms with E-state index < -0.39 is 17.7 Å². The Bertz CT molecular complexity index is 326. The summed E-state index contributed by atoms with van der Waals surface area (Å²) in [6.07, 6.45) is 18.0. The zero-order chi connectivity index (χ0) is 18.3. The summed E-state index contributed by atoms with van der Waals surface area (Å²) in [7, 11) is 0. The predicted octanol–water partition coefficient (Wildman–Crippen LogP) is 5.04. The highest BCUT2D eigenvalue weighted by Gasteiger charge is 2.40. The van der Waals surface area contributed by atoms with Gasteiger partial charge in [0.05, 0.1) is 0 Å². The number of unbranched alkanes of at least 4 members (excludes halogenated alkanes) is 12. The molecule has 0 aliphatic rings. The van der Waals surface area contributed by atoms with Gasteiger partial charge in [0, 0.05) is 5.92 Å². The van der Waals surface area contributed by atoms with E-state index in [0.29, 0.717) is 6.42 Å². The molecule has 0 amide bonds. The Morgan fingerprint density at radius 1 is 0.875 bits per heavy atom. The minimum absolute atomic E-state index is 0.445. The zero-order valence-electron chi connectivity index (χ0n) is 15.5. The van der Waals surface area contributed by atoms with Crippen molar-refractivity contribution in [2.24, 2.45) is 5.92 Å². The van der Waals surface area contributed by atoms with Gasteiger partial charge in [-0.2, -0.15) is 0 Å². The Kier molecular flexibility index (Phi) is 13.9. The van der Waals surface area contributed by atoms with Gasteiger partial charge in [-0.3, -0.25) is 0 Å². The molecule has 0 saturated heterocycles. The number of carbonyl (C=O) groups is 1. The number of rotatable bonds is 17. The van der Waals surface area contributed by atoms with Crippen LogP contribution in [0.15, 0.2) is 12.7 Å². The van der Waals surface area contributed by atoms with Crippen LogP contribution in [0.3, 0.4) is 0 Å². The molecule has 0 aromatic heterocycles. The standard InChI is InChI=1S/C20H38O4/c1-3-5-6-7-8-9-10-11-12-13-14-15-16-17-18(4-2)20(23,24)19(21)22/h4,18,23-24H,2-3,5-17H2,1H3,(H,21,22). The fourth-order valence-electron chi connectivity index (χ4n) is 3.02. The molecule has 1 unspecified atom stereocenters. The summed E-state index contributed by atoms with van der Waals surface area (Å²) in [6, 6.07) is 0. The highest BCUT2D eigenvalue weighted by atomic mass is 16.5. The minimum Gasteiger partial charge on any atom is -0.477 e. The van der Waals surface area contributed by atoms with Gasteiger partial charge in [-0.05, 0) is 6.42 Å². The molecule has 0 radical (unpaired) electrons. The van der Waals surface area contributed by atoms with E-state index in [-0.39, 0.29) is 0 Å². The van der Waals surface area contributed by atoms with Gasteiger partial charge < -0.3 is 15.3 Å². The number of aliphatic hydroxyl groups is 2. The van der Waals surface area contributed by atoms with Gasteiger partial charge in [0.15, 0.2) is 0 Å². The summed E-state index contributed by atoms with van der Waals surface area (Å²) < 4.78 is 0. The van der Waals surface area contributed by atoms with Gasteiger partial charge >= 0.3 is 5.97 Å². The SMILES string of the molecule is C=CC(CCCCCCCCCCCCCCC)C(O)(O)C(=O)O. The summed E-state index contributed by atoms with van der Waals surface area (Å²) in [6.45, 7) is 5.75. The van der Waals surface area contributed by atoms with Crippen molar-refractivity contribution in [1.29, 1.82) is 0 Å². The summed E-state index contributed by atoms with van der Waals surface area (Å²) in [5.41, 5.74) is 0. The molecule has 0 aliphatic carbocycles. The molecule has 3 N–H and O–H groups in total. The average Bonchev–Trinajstić information content (AvgIpc) is 2.55. The number of hydrogen-bond donors (Lipinski definition) is 3. The Morgan fingerprint density at radius 3 is 1.58 bits per heavy atom. The molecule has 142 valence electrons. The van der Waals surface area contributed by atoms with Crippen LogP contribution in [-0.4, -0.2) is 27.1 Å². The number of hydrogen-bond acceptors (Lipinski definition) is 3. The lowest BCUT2D eigenvalue weighted by Crippen LogP contribution is -2.45. The second-order valence-electron chi connectivity index (χ2n) is 6.90. The Labute approximate surface area is 148 Å². The Hall–Kier alpha value is -0.870. The second kappa shape index (κ2) is 14.5. The molecule has 24 heavy (non-hydrogen) atoms. The Balaban J connectivity index is 3.47. The van der Waals surface area contributed by atoms with Crippen molar-refractivity contribution in [3.05, 3.63) is 12.7 Å². The molecule has 0 spiro atoms. The highest BCUT2D eigenvalue weighted by Crippen LogP contribution is 2.23. The van der Waals surface area contributed by atoms with E-state index in [1.807, 2.05) is 0 Å². The predicted molar refractivity (Wildman–Crippen MR) is 98.8 cm³/mol. The minimum atomic E-state index is -2.70. The van der Waals surface area contributed by atoms with Crippen molar-refractivity contribution in [2.75, 3.05) is 0 Å². The van der Waals surface area contributed by atoms with Crippen molar-refractivity contribution in [3.8, 4) is 0 Å². The van der Waals surface area contributed by atoms with Crippen LogP contribution in [-0.2, 0) is 4.79 Å². The molecule has 0 heterocycles. The largest absolute Gasteiger partial charge is 0.477 e. The lowest BCUT2D eigenvalue weighted by atomic mass is 9.92. The lowest BCUT2D eigenvalue weighted by Gasteiger charge is -2.24. The number of carboxylic acid groups (broad SMARTS) is 1. The fraction of sp³-hybridized carbons (Fsp3) is 0.850. The third kappa shape index (κ3) is 10.8. The van der Waals surface area contributed by atoms with Crippen LogP contribution in [0.1, 0.15) is 96.8 Å². The van der Waals surface area contributed by atoms with Crippen molar-refractivity contribution in [2.45, 2.75) is 103 Å². The molecule has 4 heteroatoms. The van der Waals surface area contributed by atoms with E-state index in [0.717, 1.165) is 19.3 Å². The number of carboxylic acids is 1. The molecule has 0 aliphatic heterocycles. The van der Waals surface area contributed by atoms with E-state index in [1.165, 1.54) is 70.3 Å².